The highest BCUT2D eigenvalue weighted by atomic mass is 32.2. The van der Waals surface area contributed by atoms with Crippen LogP contribution in [0.25, 0.3) is 0 Å². The van der Waals surface area contributed by atoms with Crippen LogP contribution < -0.4 is 9.62 Å². The molecule has 2 aromatic rings. The van der Waals surface area contributed by atoms with Crippen LogP contribution in [-0.2, 0) is 10.0 Å². The molecule has 0 atom stereocenters. The van der Waals surface area contributed by atoms with Crippen molar-refractivity contribution in [2.75, 3.05) is 17.9 Å². The Morgan fingerprint density at radius 3 is 2.43 bits per heavy atom. The van der Waals surface area contributed by atoms with Gasteiger partial charge in [-0.25, -0.2) is 8.42 Å². The fraction of sp³-hybridized carbons (Fsp3) is 0.458. The van der Waals surface area contributed by atoms with Crippen LogP contribution in [0.2, 0.25) is 0 Å². The highest BCUT2D eigenvalue weighted by Gasteiger charge is 2.22. The maximum Gasteiger partial charge on any atom is 0.264 e. The van der Waals surface area contributed by atoms with E-state index in [9.17, 15) is 13.2 Å². The summed E-state index contributed by atoms with van der Waals surface area (Å²) in [6, 6.07) is 13.6. The number of sulfonamides is 1. The highest BCUT2D eigenvalue weighted by Crippen LogP contribution is 2.25. The van der Waals surface area contributed by atoms with Gasteiger partial charge in [-0.1, -0.05) is 56.7 Å². The number of nitrogens with zero attached hydrogens (tertiary/aromatic N) is 1. The van der Waals surface area contributed by atoms with Crippen molar-refractivity contribution in [2.45, 2.75) is 56.8 Å². The number of hydrogen-bond acceptors (Lipinski definition) is 3. The summed E-state index contributed by atoms with van der Waals surface area (Å²) in [5.41, 5.74) is 1.94. The van der Waals surface area contributed by atoms with E-state index in [1.807, 2.05) is 25.1 Å². The van der Waals surface area contributed by atoms with Crippen molar-refractivity contribution >= 4 is 21.6 Å². The summed E-state index contributed by atoms with van der Waals surface area (Å²) in [6.07, 6.45) is 8.69. The molecule has 0 spiro atoms. The van der Waals surface area contributed by atoms with Crippen molar-refractivity contribution in [1.82, 2.24) is 5.32 Å². The third-order valence-corrected chi connectivity index (χ3v) is 7.71. The predicted molar refractivity (Wildman–Crippen MR) is 121 cm³/mol. The number of benzene rings is 2. The van der Waals surface area contributed by atoms with Crippen LogP contribution in [0.1, 0.15) is 60.9 Å². The highest BCUT2D eigenvalue weighted by molar-refractivity contribution is 7.92. The summed E-state index contributed by atoms with van der Waals surface area (Å²) in [5.74, 6) is 0.460. The molecule has 0 unspecified atom stereocenters. The molecule has 1 saturated carbocycles. The molecule has 0 radical (unpaired) electrons. The van der Waals surface area contributed by atoms with Crippen LogP contribution in [0, 0.1) is 12.8 Å². The summed E-state index contributed by atoms with van der Waals surface area (Å²) in [6.45, 7) is 2.55. The normalized spacial score (nSPS) is 15.4. The minimum absolute atomic E-state index is 0.114. The minimum atomic E-state index is -3.75. The molecule has 0 heterocycles. The molecule has 1 amide bonds. The topological polar surface area (TPSA) is 66.5 Å². The number of hydrogen-bond donors (Lipinski definition) is 1. The van der Waals surface area contributed by atoms with E-state index in [1.54, 1.807) is 18.2 Å². The van der Waals surface area contributed by atoms with Crippen LogP contribution in [-0.4, -0.2) is 27.9 Å². The van der Waals surface area contributed by atoms with E-state index >= 15 is 0 Å². The zero-order valence-corrected chi connectivity index (χ0v) is 18.7. The molecule has 0 saturated heterocycles. The van der Waals surface area contributed by atoms with Gasteiger partial charge in [0.2, 0.25) is 0 Å². The van der Waals surface area contributed by atoms with Gasteiger partial charge in [-0.2, -0.15) is 0 Å². The number of amides is 1. The van der Waals surface area contributed by atoms with Crippen molar-refractivity contribution in [3.05, 3.63) is 59.7 Å². The Labute approximate surface area is 180 Å². The van der Waals surface area contributed by atoms with Gasteiger partial charge in [0.25, 0.3) is 15.9 Å². The Morgan fingerprint density at radius 1 is 1.03 bits per heavy atom. The molecule has 1 aliphatic rings. The Kier molecular flexibility index (Phi) is 7.53. The molecule has 162 valence electrons. The van der Waals surface area contributed by atoms with Crippen LogP contribution in [0.15, 0.2) is 53.4 Å². The van der Waals surface area contributed by atoms with E-state index in [2.05, 4.69) is 5.32 Å². The Balaban J connectivity index is 1.66. The van der Waals surface area contributed by atoms with Crippen molar-refractivity contribution in [3.63, 3.8) is 0 Å². The van der Waals surface area contributed by atoms with E-state index in [-0.39, 0.29) is 10.8 Å². The molecule has 0 bridgehead atoms. The lowest BCUT2D eigenvalue weighted by atomic mass is 9.97. The fourth-order valence-corrected chi connectivity index (χ4v) is 5.30. The van der Waals surface area contributed by atoms with Gasteiger partial charge in [0, 0.05) is 19.2 Å². The lowest BCUT2D eigenvalue weighted by Crippen LogP contribution is -2.28. The fourth-order valence-electron chi connectivity index (χ4n) is 4.06. The van der Waals surface area contributed by atoms with Crippen LogP contribution in [0.5, 0.6) is 0 Å². The second kappa shape index (κ2) is 10.1. The number of carbonyl (C=O) groups is 1. The molecule has 2 aromatic carbocycles. The smallest absolute Gasteiger partial charge is 0.264 e. The van der Waals surface area contributed by atoms with Gasteiger partial charge < -0.3 is 5.32 Å². The molecular weight excluding hydrogens is 396 g/mol. The molecule has 6 heteroatoms. The van der Waals surface area contributed by atoms with Crippen molar-refractivity contribution in [2.24, 2.45) is 5.92 Å². The standard InChI is InChI=1S/C24H32N2O3S/c1-19-9-7-13-22(17-19)26(2)30(28,29)23-14-8-12-21(18-23)24(27)25-16-15-20-10-5-3-4-6-11-20/h7-9,12-14,17-18,20H,3-6,10-11,15-16H2,1-2H3,(H,25,27). The predicted octanol–water partition coefficient (Wildman–Crippen LogP) is 4.91. The SMILES string of the molecule is Cc1cccc(N(C)S(=O)(=O)c2cccc(C(=O)NCCC3CCCCCC3)c2)c1. The van der Waals surface area contributed by atoms with E-state index in [0.29, 0.717) is 23.7 Å². The van der Waals surface area contributed by atoms with Crippen molar-refractivity contribution < 1.29 is 13.2 Å². The number of anilines is 1. The van der Waals surface area contributed by atoms with Crippen LogP contribution in [0.3, 0.4) is 0 Å². The second-order valence-electron chi connectivity index (χ2n) is 8.24. The quantitative estimate of drug-likeness (QED) is 0.637. The number of nitrogens with one attached hydrogen (secondary N) is 1. The molecule has 0 aliphatic heterocycles. The first kappa shape index (κ1) is 22.3. The average molecular weight is 429 g/mol. The van der Waals surface area contributed by atoms with E-state index in [4.69, 9.17) is 0 Å². The van der Waals surface area contributed by atoms with Gasteiger partial charge >= 0.3 is 0 Å². The maximum absolute atomic E-state index is 13.1. The Morgan fingerprint density at radius 2 is 1.73 bits per heavy atom. The third-order valence-electron chi connectivity index (χ3n) is 5.93. The first-order valence-electron chi connectivity index (χ1n) is 10.8. The molecule has 1 aliphatic carbocycles. The molecule has 0 aromatic heterocycles. The van der Waals surface area contributed by atoms with Crippen molar-refractivity contribution in [3.8, 4) is 0 Å². The van der Waals surface area contributed by atoms with E-state index in [0.717, 1.165) is 12.0 Å². The minimum Gasteiger partial charge on any atom is -0.352 e. The number of rotatable bonds is 7. The first-order valence-corrected chi connectivity index (χ1v) is 12.3. The summed E-state index contributed by atoms with van der Waals surface area (Å²) in [4.78, 5) is 12.7. The number of carbonyl (C=O) groups excluding carboxylic acids is 1. The van der Waals surface area contributed by atoms with E-state index in [1.165, 1.54) is 62.0 Å². The first-order chi connectivity index (χ1) is 14.4. The third kappa shape index (κ3) is 5.63. The zero-order valence-electron chi connectivity index (χ0n) is 17.9. The second-order valence-corrected chi connectivity index (χ2v) is 10.2. The van der Waals surface area contributed by atoms with Gasteiger partial charge in [0.05, 0.1) is 10.6 Å². The van der Waals surface area contributed by atoms with E-state index < -0.39 is 10.0 Å². The molecule has 30 heavy (non-hydrogen) atoms. The Hall–Kier alpha value is -2.34. The van der Waals surface area contributed by atoms with Crippen molar-refractivity contribution in [1.29, 1.82) is 0 Å². The number of aryl methyl sites for hydroxylation is 1. The summed E-state index contributed by atoms with van der Waals surface area (Å²) < 4.78 is 27.4. The lowest BCUT2D eigenvalue weighted by Gasteiger charge is -2.20. The van der Waals surface area contributed by atoms with Gasteiger partial charge in [0.15, 0.2) is 0 Å². The monoisotopic (exact) mass is 428 g/mol. The molecule has 1 fully saturated rings. The molecule has 3 rings (SSSR count). The molecule has 5 nitrogen and oxygen atoms in total. The summed E-state index contributed by atoms with van der Waals surface area (Å²) >= 11 is 0. The largest absolute Gasteiger partial charge is 0.352 e. The average Bonchev–Trinajstić information content (AvgIpc) is 3.02. The maximum atomic E-state index is 13.1. The van der Waals surface area contributed by atoms with Crippen LogP contribution in [0.4, 0.5) is 5.69 Å². The van der Waals surface area contributed by atoms with Gasteiger partial charge in [0.1, 0.15) is 0 Å². The van der Waals surface area contributed by atoms with Crippen LogP contribution >= 0.6 is 0 Å². The molecule has 1 N–H and O–H groups in total. The van der Waals surface area contributed by atoms with Gasteiger partial charge in [-0.15, -0.1) is 0 Å². The Bertz CT molecular complexity index is 964. The van der Waals surface area contributed by atoms with Gasteiger partial charge in [-0.05, 0) is 55.2 Å². The van der Waals surface area contributed by atoms with Gasteiger partial charge in [-0.3, -0.25) is 9.10 Å². The summed E-state index contributed by atoms with van der Waals surface area (Å²) in [7, 11) is -2.22. The lowest BCUT2D eigenvalue weighted by molar-refractivity contribution is 0.0950. The molecular formula is C24H32N2O3S. The summed E-state index contributed by atoms with van der Waals surface area (Å²) in [5, 5.41) is 2.97. The zero-order chi connectivity index (χ0) is 21.6.